The van der Waals surface area contributed by atoms with Crippen LogP contribution in [-0.2, 0) is 4.74 Å². The molecule has 1 aliphatic carbocycles. The number of hydrogen-bond acceptors (Lipinski definition) is 1. The van der Waals surface area contributed by atoms with Gasteiger partial charge >= 0.3 is 0 Å². The van der Waals surface area contributed by atoms with Gasteiger partial charge in [-0.1, -0.05) is 52.9 Å². The van der Waals surface area contributed by atoms with Crippen LogP contribution < -0.4 is 0 Å². The largest absolute Gasteiger partial charge is 0.385 e. The molecule has 0 aromatic heterocycles. The molecule has 1 aliphatic rings. The summed E-state index contributed by atoms with van der Waals surface area (Å²) in [6, 6.07) is 0. The number of ether oxygens (including phenoxy) is 1. The minimum Gasteiger partial charge on any atom is -0.385 e. The summed E-state index contributed by atoms with van der Waals surface area (Å²) in [6.07, 6.45) is 8.28. The van der Waals surface area contributed by atoms with Gasteiger partial charge < -0.3 is 4.74 Å². The van der Waals surface area contributed by atoms with Gasteiger partial charge in [-0.3, -0.25) is 0 Å². The Kier molecular flexibility index (Phi) is 9.49. The van der Waals surface area contributed by atoms with Gasteiger partial charge in [0.15, 0.2) is 0 Å². The average molecular weight is 200 g/mol. The zero-order chi connectivity index (χ0) is 10.8. The van der Waals surface area contributed by atoms with Crippen LogP contribution in [-0.4, -0.2) is 13.7 Å². The van der Waals surface area contributed by atoms with Gasteiger partial charge in [0, 0.05) is 13.7 Å². The highest BCUT2D eigenvalue weighted by atomic mass is 16.5. The molecule has 0 aromatic rings. The monoisotopic (exact) mass is 200 g/mol. The molecule has 1 rings (SSSR count). The minimum atomic E-state index is 0.957. The van der Waals surface area contributed by atoms with E-state index in [-0.39, 0.29) is 0 Å². The van der Waals surface area contributed by atoms with E-state index in [4.69, 9.17) is 4.74 Å². The van der Waals surface area contributed by atoms with Crippen molar-refractivity contribution in [1.82, 2.24) is 0 Å². The predicted molar refractivity (Wildman–Crippen MR) is 63.6 cm³/mol. The topological polar surface area (TPSA) is 9.23 Å². The van der Waals surface area contributed by atoms with Crippen molar-refractivity contribution >= 4 is 0 Å². The normalized spacial score (nSPS) is 26.6. The Hall–Kier alpha value is -0.0400. The second-order valence-corrected chi connectivity index (χ2v) is 4.61. The molecule has 0 spiro atoms. The van der Waals surface area contributed by atoms with E-state index in [9.17, 15) is 0 Å². The quantitative estimate of drug-likeness (QED) is 0.661. The Bertz CT molecular complexity index is 101. The highest BCUT2D eigenvalue weighted by Crippen LogP contribution is 2.29. The summed E-state index contributed by atoms with van der Waals surface area (Å²) >= 11 is 0. The lowest BCUT2D eigenvalue weighted by Crippen LogP contribution is -2.13. The van der Waals surface area contributed by atoms with Crippen LogP contribution in [0, 0.1) is 11.8 Å². The first-order chi connectivity index (χ1) is 6.74. The maximum atomic E-state index is 5.07. The third kappa shape index (κ3) is 7.37. The van der Waals surface area contributed by atoms with E-state index in [0.717, 1.165) is 18.4 Å². The van der Waals surface area contributed by atoms with Gasteiger partial charge in [0.25, 0.3) is 0 Å². The van der Waals surface area contributed by atoms with E-state index >= 15 is 0 Å². The van der Waals surface area contributed by atoms with Crippen molar-refractivity contribution < 1.29 is 4.74 Å². The smallest absolute Gasteiger partial charge is 0.0464 e. The van der Waals surface area contributed by atoms with Crippen LogP contribution in [0.1, 0.15) is 59.3 Å². The van der Waals surface area contributed by atoms with Crippen LogP contribution in [0.4, 0.5) is 0 Å². The van der Waals surface area contributed by atoms with Crippen LogP contribution in [0.5, 0.6) is 0 Å². The van der Waals surface area contributed by atoms with Gasteiger partial charge in [-0.25, -0.2) is 0 Å². The van der Waals surface area contributed by atoms with E-state index in [1.54, 1.807) is 7.11 Å². The average Bonchev–Trinajstić information content (AvgIpc) is 2.18. The summed E-state index contributed by atoms with van der Waals surface area (Å²) in [7, 11) is 1.80. The predicted octanol–water partition coefficient (Wildman–Crippen LogP) is 4.27. The molecule has 0 amide bonds. The fraction of sp³-hybridized carbons (Fsp3) is 1.00. The summed E-state index contributed by atoms with van der Waals surface area (Å²) in [5.41, 5.74) is 0. The van der Waals surface area contributed by atoms with Crippen molar-refractivity contribution in [3.8, 4) is 0 Å². The van der Waals surface area contributed by atoms with Gasteiger partial charge in [0.2, 0.25) is 0 Å². The molecule has 1 nitrogen and oxygen atoms in total. The molecule has 0 heterocycles. The van der Waals surface area contributed by atoms with Crippen LogP contribution >= 0.6 is 0 Å². The van der Waals surface area contributed by atoms with Gasteiger partial charge in [-0.05, 0) is 18.3 Å². The standard InChI is InChI=1S/C10H20O.C3H8/c1-9-3-5-10(6-4-9)7-8-11-2;1-3-2/h9-10H,3-8H2,1-2H3;3H2,1-2H3. The van der Waals surface area contributed by atoms with Gasteiger partial charge in [0.05, 0.1) is 0 Å². The van der Waals surface area contributed by atoms with E-state index in [1.807, 2.05) is 0 Å². The first-order valence-corrected chi connectivity index (χ1v) is 6.23. The van der Waals surface area contributed by atoms with Crippen molar-refractivity contribution in [2.75, 3.05) is 13.7 Å². The Morgan fingerprint density at radius 2 is 1.57 bits per heavy atom. The van der Waals surface area contributed by atoms with Crippen molar-refractivity contribution in [2.45, 2.75) is 59.3 Å². The SMILES string of the molecule is CCC.COCCC1CCC(C)CC1. The Labute approximate surface area is 90.2 Å². The van der Waals surface area contributed by atoms with Crippen LogP contribution in [0.25, 0.3) is 0 Å². The molecule has 1 fully saturated rings. The zero-order valence-corrected chi connectivity index (χ0v) is 10.5. The van der Waals surface area contributed by atoms with Gasteiger partial charge in [0.1, 0.15) is 0 Å². The first kappa shape index (κ1) is 14.0. The van der Waals surface area contributed by atoms with E-state index in [0.29, 0.717) is 0 Å². The van der Waals surface area contributed by atoms with E-state index in [1.165, 1.54) is 38.5 Å². The molecular formula is C13H28O. The van der Waals surface area contributed by atoms with E-state index in [2.05, 4.69) is 20.8 Å². The fourth-order valence-corrected chi connectivity index (χ4v) is 1.90. The molecule has 0 aliphatic heterocycles. The number of rotatable bonds is 3. The Balaban J connectivity index is 0.000000500. The summed E-state index contributed by atoms with van der Waals surface area (Å²) < 4.78 is 5.07. The van der Waals surface area contributed by atoms with Gasteiger partial charge in [-0.2, -0.15) is 0 Å². The van der Waals surface area contributed by atoms with Crippen molar-refractivity contribution in [3.63, 3.8) is 0 Å². The van der Waals surface area contributed by atoms with Crippen LogP contribution in [0.15, 0.2) is 0 Å². The molecule has 0 saturated heterocycles. The first-order valence-electron chi connectivity index (χ1n) is 6.23. The second-order valence-electron chi connectivity index (χ2n) is 4.61. The molecule has 86 valence electrons. The van der Waals surface area contributed by atoms with Crippen molar-refractivity contribution in [3.05, 3.63) is 0 Å². The summed E-state index contributed by atoms with van der Waals surface area (Å²) in [5, 5.41) is 0. The molecule has 14 heavy (non-hydrogen) atoms. The lowest BCUT2D eigenvalue weighted by molar-refractivity contribution is 0.158. The molecule has 0 radical (unpaired) electrons. The fourth-order valence-electron chi connectivity index (χ4n) is 1.90. The van der Waals surface area contributed by atoms with Crippen molar-refractivity contribution in [2.24, 2.45) is 11.8 Å². The van der Waals surface area contributed by atoms with Gasteiger partial charge in [-0.15, -0.1) is 0 Å². The van der Waals surface area contributed by atoms with Crippen LogP contribution in [0.3, 0.4) is 0 Å². The highest BCUT2D eigenvalue weighted by molar-refractivity contribution is 4.69. The molecule has 1 saturated carbocycles. The highest BCUT2D eigenvalue weighted by Gasteiger charge is 2.17. The van der Waals surface area contributed by atoms with E-state index < -0.39 is 0 Å². The Morgan fingerprint density at radius 1 is 1.07 bits per heavy atom. The molecule has 0 unspecified atom stereocenters. The Morgan fingerprint density at radius 3 is 2.00 bits per heavy atom. The summed E-state index contributed by atoms with van der Waals surface area (Å²) in [6.45, 7) is 7.57. The maximum Gasteiger partial charge on any atom is 0.0464 e. The molecule has 0 N–H and O–H groups in total. The lowest BCUT2D eigenvalue weighted by atomic mass is 9.82. The molecular weight excluding hydrogens is 172 g/mol. The third-order valence-corrected chi connectivity index (χ3v) is 2.87. The lowest BCUT2D eigenvalue weighted by Gasteiger charge is -2.25. The second kappa shape index (κ2) is 9.51. The summed E-state index contributed by atoms with van der Waals surface area (Å²) in [5.74, 6) is 1.94. The minimum absolute atomic E-state index is 0.957. The molecule has 0 aromatic carbocycles. The van der Waals surface area contributed by atoms with Crippen molar-refractivity contribution in [1.29, 1.82) is 0 Å². The zero-order valence-electron chi connectivity index (χ0n) is 10.5. The molecule has 1 heteroatoms. The van der Waals surface area contributed by atoms with Crippen LogP contribution in [0.2, 0.25) is 0 Å². The third-order valence-electron chi connectivity index (χ3n) is 2.87. The number of methoxy groups -OCH3 is 1. The molecule has 0 atom stereocenters. The number of hydrogen-bond donors (Lipinski definition) is 0. The summed E-state index contributed by atoms with van der Waals surface area (Å²) in [4.78, 5) is 0. The molecule has 0 bridgehead atoms. The maximum absolute atomic E-state index is 5.07.